The van der Waals surface area contributed by atoms with Crippen LogP contribution in [0.3, 0.4) is 0 Å². The largest absolute Gasteiger partial charge is 0.236 e. The molecule has 6 rings (SSSR count). The number of nitrogens with zero attached hydrogens (tertiary/aromatic N) is 4. The van der Waals surface area contributed by atoms with Crippen molar-refractivity contribution in [3.63, 3.8) is 0 Å². The van der Waals surface area contributed by atoms with Crippen LogP contribution in [-0.4, -0.2) is 19.6 Å². The van der Waals surface area contributed by atoms with E-state index >= 15 is 0 Å². The Morgan fingerprint density at radius 2 is 1.69 bits per heavy atom. The maximum atomic E-state index is 5.06. The Morgan fingerprint density at radius 1 is 0.897 bits per heavy atom. The quantitative estimate of drug-likeness (QED) is 0.484. The highest BCUT2D eigenvalue weighted by atomic mass is 15.3. The summed E-state index contributed by atoms with van der Waals surface area (Å²) in [5.41, 5.74) is 7.57. The van der Waals surface area contributed by atoms with E-state index in [1.165, 1.54) is 54.4 Å². The van der Waals surface area contributed by atoms with Crippen LogP contribution >= 0.6 is 0 Å². The van der Waals surface area contributed by atoms with Crippen molar-refractivity contribution >= 4 is 5.65 Å². The summed E-state index contributed by atoms with van der Waals surface area (Å²) in [4.78, 5) is 9.97. The van der Waals surface area contributed by atoms with Gasteiger partial charge in [-0.05, 0) is 30.4 Å². The summed E-state index contributed by atoms with van der Waals surface area (Å²) in [6.45, 7) is 0. The molecule has 0 N–H and O–H groups in total. The Balaban J connectivity index is 1.55. The van der Waals surface area contributed by atoms with Gasteiger partial charge in [-0.2, -0.15) is 0 Å². The minimum Gasteiger partial charge on any atom is -0.236 e. The average Bonchev–Trinajstić information content (AvgIpc) is 3.17. The molecular weight excluding hydrogens is 356 g/mol. The second-order valence-electron chi connectivity index (χ2n) is 8.60. The van der Waals surface area contributed by atoms with Crippen LogP contribution < -0.4 is 0 Å². The molecule has 2 aliphatic carbocycles. The van der Waals surface area contributed by atoms with Gasteiger partial charge in [-0.15, -0.1) is 5.10 Å². The molecule has 4 aromatic rings. The topological polar surface area (TPSA) is 43.1 Å². The van der Waals surface area contributed by atoms with Crippen molar-refractivity contribution in [1.82, 2.24) is 19.6 Å². The molecule has 0 bridgehead atoms. The van der Waals surface area contributed by atoms with Crippen LogP contribution in [0.2, 0.25) is 0 Å². The highest BCUT2D eigenvalue weighted by molar-refractivity contribution is 5.77. The molecule has 1 spiro atoms. The van der Waals surface area contributed by atoms with E-state index in [9.17, 15) is 0 Å². The molecule has 144 valence electrons. The molecule has 0 unspecified atom stereocenters. The van der Waals surface area contributed by atoms with Crippen molar-refractivity contribution in [2.24, 2.45) is 0 Å². The van der Waals surface area contributed by atoms with Gasteiger partial charge in [0.2, 0.25) is 0 Å². The molecule has 0 atom stereocenters. The third-order valence-corrected chi connectivity index (χ3v) is 6.78. The van der Waals surface area contributed by atoms with Crippen molar-refractivity contribution in [2.45, 2.75) is 50.4 Å². The number of fused-ring (bicyclic) bond motifs is 6. The van der Waals surface area contributed by atoms with E-state index in [2.05, 4.69) is 48.5 Å². The molecule has 0 radical (unpaired) electrons. The fourth-order valence-electron chi connectivity index (χ4n) is 5.46. The average molecular weight is 380 g/mol. The number of hydrogen-bond acceptors (Lipinski definition) is 3. The molecule has 2 aliphatic rings. The van der Waals surface area contributed by atoms with Gasteiger partial charge in [0.15, 0.2) is 11.5 Å². The van der Waals surface area contributed by atoms with E-state index < -0.39 is 0 Å². The van der Waals surface area contributed by atoms with Gasteiger partial charge in [0.1, 0.15) is 6.33 Å². The molecule has 4 heteroatoms. The zero-order chi connectivity index (χ0) is 19.3. The van der Waals surface area contributed by atoms with Gasteiger partial charge in [0, 0.05) is 23.0 Å². The van der Waals surface area contributed by atoms with Crippen molar-refractivity contribution in [2.75, 3.05) is 0 Å². The maximum absolute atomic E-state index is 5.06. The highest BCUT2D eigenvalue weighted by Gasteiger charge is 2.42. The van der Waals surface area contributed by atoms with Crippen molar-refractivity contribution in [1.29, 1.82) is 0 Å². The predicted molar refractivity (Wildman–Crippen MR) is 114 cm³/mol. The Labute approximate surface area is 170 Å². The molecule has 2 aromatic carbocycles. The van der Waals surface area contributed by atoms with Crippen LogP contribution in [0.25, 0.3) is 16.9 Å². The predicted octanol–water partition coefficient (Wildman–Crippen LogP) is 5.14. The van der Waals surface area contributed by atoms with Gasteiger partial charge in [-0.3, -0.25) is 0 Å². The van der Waals surface area contributed by atoms with Crippen LogP contribution in [0.15, 0.2) is 60.9 Å². The van der Waals surface area contributed by atoms with Crippen LogP contribution in [0.4, 0.5) is 0 Å². The van der Waals surface area contributed by atoms with Gasteiger partial charge in [-0.1, -0.05) is 73.9 Å². The Kier molecular flexibility index (Phi) is 3.80. The van der Waals surface area contributed by atoms with Crippen molar-refractivity contribution < 1.29 is 0 Å². The minimum atomic E-state index is 0.147. The fourth-order valence-corrected chi connectivity index (χ4v) is 5.46. The Hall–Kier alpha value is -3.01. The number of aromatic nitrogens is 4. The maximum Gasteiger partial charge on any atom is 0.163 e. The lowest BCUT2D eigenvalue weighted by Gasteiger charge is -2.42. The zero-order valence-corrected chi connectivity index (χ0v) is 16.5. The zero-order valence-electron chi connectivity index (χ0n) is 16.5. The van der Waals surface area contributed by atoms with Gasteiger partial charge < -0.3 is 0 Å². The molecule has 1 saturated carbocycles. The van der Waals surface area contributed by atoms with Gasteiger partial charge in [-0.25, -0.2) is 14.5 Å². The standard InChI is InChI=1S/C25H24N4/c1-3-9-18(10-4-1)15-21-27-24-22-23(26-17-29(24)28-21)20-12-6-5-11-19(20)16-25(22)13-7-2-8-14-25/h1,3-6,9-12,17H,2,7-8,13-16H2. The summed E-state index contributed by atoms with van der Waals surface area (Å²) in [5, 5.41) is 4.79. The van der Waals surface area contributed by atoms with Crippen molar-refractivity contribution in [3.05, 3.63) is 83.4 Å². The Morgan fingerprint density at radius 3 is 2.55 bits per heavy atom. The second kappa shape index (κ2) is 6.51. The lowest BCUT2D eigenvalue weighted by Crippen LogP contribution is -2.36. The van der Waals surface area contributed by atoms with Crippen LogP contribution in [0.5, 0.6) is 0 Å². The van der Waals surface area contributed by atoms with Crippen LogP contribution in [0.1, 0.15) is 54.6 Å². The first-order valence-electron chi connectivity index (χ1n) is 10.7. The first kappa shape index (κ1) is 16.9. The summed E-state index contributed by atoms with van der Waals surface area (Å²) in [6.07, 6.45) is 10.0. The lowest BCUT2D eigenvalue weighted by molar-refractivity contribution is 0.288. The summed E-state index contributed by atoms with van der Waals surface area (Å²) >= 11 is 0. The van der Waals surface area contributed by atoms with E-state index in [1.54, 1.807) is 0 Å². The van der Waals surface area contributed by atoms with E-state index in [0.717, 1.165) is 30.0 Å². The summed E-state index contributed by atoms with van der Waals surface area (Å²) in [6, 6.07) is 19.2. The van der Waals surface area contributed by atoms with Gasteiger partial charge >= 0.3 is 0 Å². The van der Waals surface area contributed by atoms with Crippen molar-refractivity contribution in [3.8, 4) is 11.3 Å². The number of benzene rings is 2. The summed E-state index contributed by atoms with van der Waals surface area (Å²) < 4.78 is 1.92. The fraction of sp³-hybridized carbons (Fsp3) is 0.320. The first-order chi connectivity index (χ1) is 14.3. The molecule has 1 fully saturated rings. The highest BCUT2D eigenvalue weighted by Crippen LogP contribution is 2.50. The molecule has 0 saturated heterocycles. The Bertz CT molecular complexity index is 1190. The normalized spacial score (nSPS) is 17.2. The SMILES string of the molecule is c1ccc(Cc2nc3c4c(ncn3n2)-c2ccccc2CC42CCCCC2)cc1. The molecular formula is C25H24N4. The molecule has 0 aliphatic heterocycles. The molecule has 4 nitrogen and oxygen atoms in total. The van der Waals surface area contributed by atoms with Crippen LogP contribution in [0, 0.1) is 0 Å². The molecule has 2 aromatic heterocycles. The van der Waals surface area contributed by atoms with E-state index in [1.807, 2.05) is 16.9 Å². The van der Waals surface area contributed by atoms with E-state index in [4.69, 9.17) is 15.1 Å². The number of hydrogen-bond donors (Lipinski definition) is 0. The smallest absolute Gasteiger partial charge is 0.163 e. The first-order valence-corrected chi connectivity index (χ1v) is 10.7. The van der Waals surface area contributed by atoms with Gasteiger partial charge in [0.25, 0.3) is 0 Å². The minimum absolute atomic E-state index is 0.147. The molecule has 0 amide bonds. The third-order valence-electron chi connectivity index (χ3n) is 6.78. The van der Waals surface area contributed by atoms with Crippen LogP contribution in [-0.2, 0) is 18.3 Å². The monoisotopic (exact) mass is 380 g/mol. The molecule has 29 heavy (non-hydrogen) atoms. The van der Waals surface area contributed by atoms with E-state index in [0.29, 0.717) is 0 Å². The number of rotatable bonds is 2. The third kappa shape index (κ3) is 2.70. The lowest BCUT2D eigenvalue weighted by atomic mass is 9.62. The summed E-state index contributed by atoms with van der Waals surface area (Å²) in [7, 11) is 0. The van der Waals surface area contributed by atoms with Gasteiger partial charge in [0.05, 0.1) is 5.69 Å². The summed E-state index contributed by atoms with van der Waals surface area (Å²) in [5.74, 6) is 0.871. The van der Waals surface area contributed by atoms with E-state index in [-0.39, 0.29) is 5.41 Å². The second-order valence-corrected chi connectivity index (χ2v) is 8.60. The molecule has 2 heterocycles.